The molecule has 0 aliphatic heterocycles. The van der Waals surface area contributed by atoms with E-state index >= 15 is 0 Å². The molecule has 0 amide bonds. The SMILES string of the molecule is CCC(O)c1cccc(S(=O)(=O)NCC2CCCC2)c1. The monoisotopic (exact) mass is 297 g/mol. The van der Waals surface area contributed by atoms with E-state index in [0.717, 1.165) is 12.8 Å². The van der Waals surface area contributed by atoms with Crippen LogP contribution in [0.5, 0.6) is 0 Å². The van der Waals surface area contributed by atoms with Crippen molar-refractivity contribution in [2.75, 3.05) is 6.54 Å². The summed E-state index contributed by atoms with van der Waals surface area (Å²) < 4.78 is 27.2. The summed E-state index contributed by atoms with van der Waals surface area (Å²) in [7, 11) is -3.47. The van der Waals surface area contributed by atoms with Crippen molar-refractivity contribution in [3.63, 3.8) is 0 Å². The predicted octanol–water partition coefficient (Wildman–Crippen LogP) is 2.60. The second kappa shape index (κ2) is 6.70. The minimum absolute atomic E-state index is 0.237. The van der Waals surface area contributed by atoms with E-state index in [2.05, 4.69) is 4.72 Å². The third-order valence-corrected chi connectivity index (χ3v) is 5.40. The summed E-state index contributed by atoms with van der Waals surface area (Å²) in [6.45, 7) is 2.38. The highest BCUT2D eigenvalue weighted by atomic mass is 32.2. The second-order valence-electron chi connectivity index (χ2n) is 5.50. The van der Waals surface area contributed by atoms with Gasteiger partial charge < -0.3 is 5.11 Å². The Bertz CT molecular complexity index is 536. The molecule has 0 spiro atoms. The van der Waals surface area contributed by atoms with Crippen LogP contribution in [0.3, 0.4) is 0 Å². The molecule has 1 unspecified atom stereocenters. The standard InChI is InChI=1S/C15H23NO3S/c1-2-15(17)13-8-5-9-14(10-13)20(18,19)16-11-12-6-3-4-7-12/h5,8-10,12,15-17H,2-4,6-7,11H2,1H3. The minimum Gasteiger partial charge on any atom is -0.388 e. The summed E-state index contributed by atoms with van der Waals surface area (Å²) in [5, 5.41) is 9.81. The Hall–Kier alpha value is -0.910. The van der Waals surface area contributed by atoms with E-state index in [1.54, 1.807) is 24.3 Å². The maximum absolute atomic E-state index is 12.3. The molecule has 0 aromatic heterocycles. The van der Waals surface area contributed by atoms with Gasteiger partial charge in [-0.25, -0.2) is 13.1 Å². The lowest BCUT2D eigenvalue weighted by Gasteiger charge is -2.13. The smallest absolute Gasteiger partial charge is 0.240 e. The minimum atomic E-state index is -3.47. The van der Waals surface area contributed by atoms with Gasteiger partial charge in [-0.1, -0.05) is 31.9 Å². The van der Waals surface area contributed by atoms with Gasteiger partial charge in [0.1, 0.15) is 0 Å². The molecule has 1 atom stereocenters. The zero-order chi connectivity index (χ0) is 14.6. The van der Waals surface area contributed by atoms with Crippen LogP contribution in [0.25, 0.3) is 0 Å². The Morgan fingerprint density at radius 1 is 1.35 bits per heavy atom. The van der Waals surface area contributed by atoms with Crippen LogP contribution in [0, 0.1) is 5.92 Å². The largest absolute Gasteiger partial charge is 0.388 e. The molecule has 0 radical (unpaired) electrons. The van der Waals surface area contributed by atoms with Gasteiger partial charge in [0, 0.05) is 6.54 Å². The first-order valence-corrected chi connectivity index (χ1v) is 8.79. The molecule has 1 aliphatic rings. The molecule has 2 rings (SSSR count). The third-order valence-electron chi connectivity index (χ3n) is 3.98. The zero-order valence-corrected chi connectivity index (χ0v) is 12.7. The van der Waals surface area contributed by atoms with Crippen molar-refractivity contribution in [3.8, 4) is 0 Å². The van der Waals surface area contributed by atoms with E-state index in [1.165, 1.54) is 12.8 Å². The third kappa shape index (κ3) is 3.81. The van der Waals surface area contributed by atoms with Crippen molar-refractivity contribution in [1.29, 1.82) is 0 Å². The van der Waals surface area contributed by atoms with E-state index < -0.39 is 16.1 Å². The van der Waals surface area contributed by atoms with E-state index in [1.807, 2.05) is 6.92 Å². The Kier molecular flexibility index (Phi) is 5.18. The first-order valence-electron chi connectivity index (χ1n) is 7.30. The summed E-state index contributed by atoms with van der Waals surface area (Å²) in [6.07, 6.45) is 4.57. The van der Waals surface area contributed by atoms with Crippen molar-refractivity contribution in [1.82, 2.24) is 4.72 Å². The number of sulfonamides is 1. The normalized spacial score (nSPS) is 18.3. The average Bonchev–Trinajstić information content (AvgIpc) is 2.98. The molecule has 1 saturated carbocycles. The Morgan fingerprint density at radius 3 is 2.70 bits per heavy atom. The van der Waals surface area contributed by atoms with Gasteiger partial charge >= 0.3 is 0 Å². The average molecular weight is 297 g/mol. The molecular formula is C15H23NO3S. The summed E-state index contributed by atoms with van der Waals surface area (Å²) in [5.41, 5.74) is 0.649. The highest BCUT2D eigenvalue weighted by molar-refractivity contribution is 7.89. The van der Waals surface area contributed by atoms with Crippen LogP contribution >= 0.6 is 0 Å². The van der Waals surface area contributed by atoms with Crippen molar-refractivity contribution in [2.24, 2.45) is 5.92 Å². The van der Waals surface area contributed by atoms with Crippen molar-refractivity contribution in [2.45, 2.75) is 50.0 Å². The van der Waals surface area contributed by atoms with Crippen LogP contribution in [-0.4, -0.2) is 20.1 Å². The van der Waals surface area contributed by atoms with E-state index in [-0.39, 0.29) is 4.90 Å². The fraction of sp³-hybridized carbons (Fsp3) is 0.600. The molecule has 20 heavy (non-hydrogen) atoms. The molecule has 2 N–H and O–H groups in total. The van der Waals surface area contributed by atoms with Gasteiger partial charge in [0.05, 0.1) is 11.0 Å². The summed E-state index contributed by atoms with van der Waals surface area (Å²) in [4.78, 5) is 0.237. The number of aliphatic hydroxyl groups is 1. The lowest BCUT2D eigenvalue weighted by molar-refractivity contribution is 0.173. The Morgan fingerprint density at radius 2 is 2.05 bits per heavy atom. The first kappa shape index (κ1) is 15.5. The van der Waals surface area contributed by atoms with Crippen LogP contribution in [0.1, 0.15) is 50.7 Å². The number of hydrogen-bond donors (Lipinski definition) is 2. The first-order chi connectivity index (χ1) is 9.53. The lowest BCUT2D eigenvalue weighted by atomic mass is 10.1. The molecule has 0 bridgehead atoms. The van der Waals surface area contributed by atoms with E-state index in [4.69, 9.17) is 0 Å². The second-order valence-corrected chi connectivity index (χ2v) is 7.27. The number of rotatable bonds is 6. The van der Waals surface area contributed by atoms with E-state index in [0.29, 0.717) is 24.4 Å². The fourth-order valence-electron chi connectivity index (χ4n) is 2.65. The molecule has 0 heterocycles. The highest BCUT2D eigenvalue weighted by Crippen LogP contribution is 2.25. The van der Waals surface area contributed by atoms with Gasteiger partial charge in [-0.15, -0.1) is 0 Å². The van der Waals surface area contributed by atoms with Gasteiger partial charge in [-0.2, -0.15) is 0 Å². The van der Waals surface area contributed by atoms with Gasteiger partial charge in [0.15, 0.2) is 0 Å². The molecule has 0 saturated heterocycles. The summed E-state index contributed by atoms with van der Waals surface area (Å²) >= 11 is 0. The van der Waals surface area contributed by atoms with Crippen LogP contribution in [0.2, 0.25) is 0 Å². The van der Waals surface area contributed by atoms with Crippen LogP contribution < -0.4 is 4.72 Å². The molecular weight excluding hydrogens is 274 g/mol. The molecule has 1 fully saturated rings. The molecule has 112 valence electrons. The number of hydrogen-bond acceptors (Lipinski definition) is 3. The zero-order valence-electron chi connectivity index (χ0n) is 11.9. The lowest BCUT2D eigenvalue weighted by Crippen LogP contribution is -2.28. The summed E-state index contributed by atoms with van der Waals surface area (Å²) in [6, 6.07) is 6.57. The maximum atomic E-state index is 12.3. The van der Waals surface area contributed by atoms with E-state index in [9.17, 15) is 13.5 Å². The number of nitrogens with one attached hydrogen (secondary N) is 1. The van der Waals surface area contributed by atoms with Crippen molar-refractivity contribution < 1.29 is 13.5 Å². The molecule has 4 nitrogen and oxygen atoms in total. The van der Waals surface area contributed by atoms with Gasteiger partial charge in [0.2, 0.25) is 10.0 Å². The van der Waals surface area contributed by atoms with Gasteiger partial charge in [0.25, 0.3) is 0 Å². The maximum Gasteiger partial charge on any atom is 0.240 e. The topological polar surface area (TPSA) is 66.4 Å². The van der Waals surface area contributed by atoms with Crippen LogP contribution in [0.4, 0.5) is 0 Å². The number of benzene rings is 1. The molecule has 5 heteroatoms. The Balaban J connectivity index is 2.08. The molecule has 1 aromatic rings. The summed E-state index contributed by atoms with van der Waals surface area (Å²) in [5.74, 6) is 0.467. The predicted molar refractivity (Wildman–Crippen MR) is 78.8 cm³/mol. The van der Waals surface area contributed by atoms with Crippen molar-refractivity contribution >= 4 is 10.0 Å². The fourth-order valence-corrected chi connectivity index (χ4v) is 3.82. The highest BCUT2D eigenvalue weighted by Gasteiger charge is 2.20. The van der Waals surface area contributed by atoms with Crippen LogP contribution in [0.15, 0.2) is 29.2 Å². The molecule has 1 aliphatic carbocycles. The Labute approximate surface area is 121 Å². The molecule has 1 aromatic carbocycles. The number of aliphatic hydroxyl groups excluding tert-OH is 1. The quantitative estimate of drug-likeness (QED) is 0.848. The van der Waals surface area contributed by atoms with Gasteiger partial charge in [-0.3, -0.25) is 0 Å². The van der Waals surface area contributed by atoms with Crippen LogP contribution in [-0.2, 0) is 10.0 Å². The van der Waals surface area contributed by atoms with Gasteiger partial charge in [-0.05, 0) is 42.9 Å². The van der Waals surface area contributed by atoms with Crippen molar-refractivity contribution in [3.05, 3.63) is 29.8 Å².